The van der Waals surface area contributed by atoms with Crippen LogP contribution in [0.25, 0.3) is 16.6 Å². The van der Waals surface area contributed by atoms with Crippen LogP contribution >= 0.6 is 0 Å². The van der Waals surface area contributed by atoms with Crippen LogP contribution in [-0.4, -0.2) is 41.9 Å². The van der Waals surface area contributed by atoms with Gasteiger partial charge in [0, 0.05) is 17.4 Å². The third-order valence-electron chi connectivity index (χ3n) is 5.63. The molecule has 1 amide bonds. The first-order valence-corrected chi connectivity index (χ1v) is 11.8. The number of nitrogens with two attached hydrogens (primary N) is 1. The van der Waals surface area contributed by atoms with Crippen molar-refractivity contribution in [3.8, 4) is 11.1 Å². The molecule has 2 atom stereocenters. The number of aromatic nitrogens is 2. The van der Waals surface area contributed by atoms with Crippen LogP contribution in [0.2, 0.25) is 0 Å². The molecule has 8 nitrogen and oxygen atoms in total. The Morgan fingerprint density at radius 2 is 2.00 bits per heavy atom. The Bertz CT molecular complexity index is 1250. The quantitative estimate of drug-likeness (QED) is 0.539. The van der Waals surface area contributed by atoms with Gasteiger partial charge in [-0.2, -0.15) is 5.10 Å². The molecule has 1 aliphatic carbocycles. The molecule has 1 aromatic carbocycles. The second kappa shape index (κ2) is 7.52. The number of sulfonamides is 1. The minimum absolute atomic E-state index is 0.201. The molecule has 1 fully saturated rings. The average molecular weight is 446 g/mol. The number of nitrogens with zero attached hydrogens (tertiary/aromatic N) is 2. The summed E-state index contributed by atoms with van der Waals surface area (Å²) in [4.78, 5) is 12.0. The van der Waals surface area contributed by atoms with Crippen molar-refractivity contribution in [3.63, 3.8) is 0 Å². The van der Waals surface area contributed by atoms with E-state index in [1.165, 1.54) is 6.20 Å². The van der Waals surface area contributed by atoms with Crippen molar-refractivity contribution in [1.29, 1.82) is 0 Å². The first kappa shape index (κ1) is 21.1. The summed E-state index contributed by atoms with van der Waals surface area (Å²) in [6.45, 7) is 1.57. The number of carbonyl (C=O) groups is 1. The number of hydrogen-bond donors (Lipinski definition) is 3. The molecule has 0 saturated heterocycles. The normalized spacial score (nSPS) is 21.3. The Morgan fingerprint density at radius 1 is 1.29 bits per heavy atom. The second-order valence-electron chi connectivity index (χ2n) is 8.17. The summed E-state index contributed by atoms with van der Waals surface area (Å²) in [7, 11) is -3.36. The van der Waals surface area contributed by atoms with Crippen LogP contribution in [-0.2, 0) is 10.0 Å². The standard InChI is InChI=1S/C21H24FN5O3S/c1-21(22)9-3-4-18(21)25-19-16(20(23)28)11-24-27-12-14(10-17(19)27)13-5-7-15(8-6-13)26-31(2,29)30/h5-8,10-12,18,25-26H,3-4,9H2,1-2H3,(H2,23,28)/t18-,21+/m1/s1. The van der Waals surface area contributed by atoms with Crippen molar-refractivity contribution < 1.29 is 17.6 Å². The lowest BCUT2D eigenvalue weighted by Gasteiger charge is -2.26. The van der Waals surface area contributed by atoms with Crippen LogP contribution in [0, 0.1) is 0 Å². The van der Waals surface area contributed by atoms with Crippen molar-refractivity contribution in [2.75, 3.05) is 16.3 Å². The summed E-state index contributed by atoms with van der Waals surface area (Å²) < 4.78 is 41.7. The van der Waals surface area contributed by atoms with Gasteiger partial charge in [-0.15, -0.1) is 0 Å². The van der Waals surface area contributed by atoms with E-state index in [4.69, 9.17) is 5.73 Å². The number of benzene rings is 1. The van der Waals surface area contributed by atoms with Gasteiger partial charge in [-0.3, -0.25) is 9.52 Å². The molecule has 3 aromatic rings. The molecule has 0 bridgehead atoms. The molecule has 10 heteroatoms. The highest BCUT2D eigenvalue weighted by Gasteiger charge is 2.39. The zero-order chi connectivity index (χ0) is 22.4. The van der Waals surface area contributed by atoms with Crippen molar-refractivity contribution in [3.05, 3.63) is 48.3 Å². The minimum atomic E-state index is -3.36. The molecule has 31 heavy (non-hydrogen) atoms. The fraction of sp³-hybridized carbons (Fsp3) is 0.333. The first-order chi connectivity index (χ1) is 14.5. The van der Waals surface area contributed by atoms with Gasteiger partial charge >= 0.3 is 0 Å². The van der Waals surface area contributed by atoms with Gasteiger partial charge in [0.1, 0.15) is 5.67 Å². The molecule has 4 rings (SSSR count). The van der Waals surface area contributed by atoms with Gasteiger partial charge in [0.25, 0.3) is 5.91 Å². The van der Waals surface area contributed by atoms with E-state index in [0.717, 1.165) is 23.8 Å². The predicted molar refractivity (Wildman–Crippen MR) is 118 cm³/mol. The molecule has 1 saturated carbocycles. The van der Waals surface area contributed by atoms with Crippen LogP contribution in [0.1, 0.15) is 36.5 Å². The lowest BCUT2D eigenvalue weighted by atomic mass is 10.0. The fourth-order valence-electron chi connectivity index (χ4n) is 4.02. The maximum absolute atomic E-state index is 14.9. The summed E-state index contributed by atoms with van der Waals surface area (Å²) in [5.41, 5.74) is 7.52. The lowest BCUT2D eigenvalue weighted by molar-refractivity contribution is 0.1000. The van der Waals surface area contributed by atoms with Gasteiger partial charge in [-0.1, -0.05) is 12.1 Å². The summed E-state index contributed by atoms with van der Waals surface area (Å²) >= 11 is 0. The second-order valence-corrected chi connectivity index (χ2v) is 9.92. The van der Waals surface area contributed by atoms with Crippen LogP contribution in [0.5, 0.6) is 0 Å². The number of halogens is 1. The van der Waals surface area contributed by atoms with Crippen LogP contribution in [0.3, 0.4) is 0 Å². The van der Waals surface area contributed by atoms with E-state index in [9.17, 15) is 17.6 Å². The number of alkyl halides is 1. The maximum atomic E-state index is 14.9. The topological polar surface area (TPSA) is 119 Å². The highest BCUT2D eigenvalue weighted by molar-refractivity contribution is 7.92. The SMILES string of the molecule is C[C@]1(F)CCC[C@H]1Nc1c(C(N)=O)cnn2cc(-c3ccc(NS(C)(=O)=O)cc3)cc12. The summed E-state index contributed by atoms with van der Waals surface area (Å²) in [5.74, 6) is -0.644. The molecular weight excluding hydrogens is 421 g/mol. The Hall–Kier alpha value is -3.14. The third-order valence-corrected chi connectivity index (χ3v) is 6.23. The molecule has 2 aromatic heterocycles. The number of primary amides is 1. The predicted octanol–water partition coefficient (Wildman–Crippen LogP) is 3.16. The molecule has 0 radical (unpaired) electrons. The molecule has 164 valence electrons. The number of fused-ring (bicyclic) bond motifs is 1. The van der Waals surface area contributed by atoms with Crippen molar-refractivity contribution in [2.45, 2.75) is 37.9 Å². The zero-order valence-electron chi connectivity index (χ0n) is 17.2. The Kier molecular flexibility index (Phi) is 5.12. The maximum Gasteiger partial charge on any atom is 0.252 e. The van der Waals surface area contributed by atoms with E-state index in [2.05, 4.69) is 15.1 Å². The summed E-state index contributed by atoms with van der Waals surface area (Å²) in [6, 6.07) is 8.28. The Morgan fingerprint density at radius 3 is 2.58 bits per heavy atom. The Balaban J connectivity index is 1.74. The lowest BCUT2D eigenvalue weighted by Crippen LogP contribution is -2.36. The van der Waals surface area contributed by atoms with Crippen molar-refractivity contribution >= 4 is 32.8 Å². The van der Waals surface area contributed by atoms with E-state index in [1.54, 1.807) is 41.9 Å². The smallest absolute Gasteiger partial charge is 0.252 e. The van der Waals surface area contributed by atoms with Crippen LogP contribution in [0.4, 0.5) is 15.8 Å². The van der Waals surface area contributed by atoms with Crippen LogP contribution in [0.15, 0.2) is 42.7 Å². The van der Waals surface area contributed by atoms with E-state index in [1.807, 2.05) is 6.07 Å². The highest BCUT2D eigenvalue weighted by atomic mass is 32.2. The van der Waals surface area contributed by atoms with Gasteiger partial charge in [0.2, 0.25) is 10.0 Å². The number of nitrogens with one attached hydrogen (secondary N) is 2. The van der Waals surface area contributed by atoms with E-state index in [0.29, 0.717) is 29.7 Å². The minimum Gasteiger partial charge on any atom is -0.377 e. The number of anilines is 2. The van der Waals surface area contributed by atoms with E-state index < -0.39 is 27.6 Å². The van der Waals surface area contributed by atoms with Crippen molar-refractivity contribution in [2.24, 2.45) is 5.73 Å². The monoisotopic (exact) mass is 445 g/mol. The van der Waals surface area contributed by atoms with Gasteiger partial charge < -0.3 is 11.1 Å². The first-order valence-electron chi connectivity index (χ1n) is 9.88. The largest absolute Gasteiger partial charge is 0.377 e. The molecule has 2 heterocycles. The number of amides is 1. The van der Waals surface area contributed by atoms with E-state index >= 15 is 0 Å². The van der Waals surface area contributed by atoms with E-state index in [-0.39, 0.29) is 5.56 Å². The fourth-order valence-corrected chi connectivity index (χ4v) is 4.59. The number of hydrogen-bond acceptors (Lipinski definition) is 5. The summed E-state index contributed by atoms with van der Waals surface area (Å²) in [5, 5.41) is 7.49. The van der Waals surface area contributed by atoms with Gasteiger partial charge in [-0.05, 0) is 49.9 Å². The molecular formula is C21H24FN5O3S. The third kappa shape index (κ3) is 4.34. The molecule has 0 spiro atoms. The van der Waals surface area contributed by atoms with Gasteiger partial charge in [-0.25, -0.2) is 17.3 Å². The van der Waals surface area contributed by atoms with Gasteiger partial charge in [0.05, 0.1) is 35.3 Å². The molecule has 4 N–H and O–H groups in total. The zero-order valence-corrected chi connectivity index (χ0v) is 18.0. The van der Waals surface area contributed by atoms with Gasteiger partial charge in [0.15, 0.2) is 0 Å². The molecule has 0 unspecified atom stereocenters. The number of rotatable bonds is 6. The van der Waals surface area contributed by atoms with Crippen LogP contribution < -0.4 is 15.8 Å². The number of carbonyl (C=O) groups excluding carboxylic acids is 1. The molecule has 0 aliphatic heterocycles. The Labute approximate surface area is 179 Å². The highest BCUT2D eigenvalue weighted by Crippen LogP contribution is 2.37. The molecule has 1 aliphatic rings. The van der Waals surface area contributed by atoms with Crippen molar-refractivity contribution in [1.82, 2.24) is 9.61 Å². The average Bonchev–Trinajstić information content (AvgIpc) is 3.24. The summed E-state index contributed by atoms with van der Waals surface area (Å²) in [6.07, 6.45) is 6.13.